The third kappa shape index (κ3) is 3.23. The van der Waals surface area contributed by atoms with Crippen LogP contribution < -0.4 is 15.0 Å². The van der Waals surface area contributed by atoms with Crippen LogP contribution in [0.5, 0.6) is 5.75 Å². The molecule has 1 saturated heterocycles. The first kappa shape index (κ1) is 19.4. The molecule has 3 aliphatic rings. The quantitative estimate of drug-likeness (QED) is 0.796. The zero-order chi connectivity index (χ0) is 20.8. The molecule has 1 saturated carbocycles. The number of hydrogen-bond donors (Lipinski definition) is 2. The van der Waals surface area contributed by atoms with Crippen LogP contribution in [-0.4, -0.2) is 52.4 Å². The third-order valence-electron chi connectivity index (χ3n) is 6.65. The fraction of sp³-hybridized carbons (Fsp3) is 0.545. The molecule has 8 heteroatoms. The van der Waals surface area contributed by atoms with E-state index in [2.05, 4.69) is 10.4 Å². The summed E-state index contributed by atoms with van der Waals surface area (Å²) >= 11 is 0. The smallest absolute Gasteiger partial charge is 0.412 e. The normalized spacial score (nSPS) is 26.3. The number of benzene rings is 1. The second-order valence-corrected chi connectivity index (χ2v) is 8.60. The van der Waals surface area contributed by atoms with Gasteiger partial charge in [-0.25, -0.2) is 9.18 Å². The molecule has 2 aromatic rings. The molecule has 0 unspecified atom stereocenters. The zero-order valence-electron chi connectivity index (χ0n) is 17.1. The van der Waals surface area contributed by atoms with Crippen molar-refractivity contribution in [1.82, 2.24) is 15.1 Å². The van der Waals surface area contributed by atoms with Gasteiger partial charge in [0.1, 0.15) is 11.9 Å². The minimum absolute atomic E-state index is 0.0727. The lowest BCUT2D eigenvalue weighted by molar-refractivity contribution is 0.119. The number of fused-ring (bicyclic) bond motifs is 1. The van der Waals surface area contributed by atoms with Crippen molar-refractivity contribution in [1.29, 1.82) is 0 Å². The van der Waals surface area contributed by atoms with E-state index in [1.165, 1.54) is 4.90 Å². The van der Waals surface area contributed by atoms with Crippen molar-refractivity contribution in [3.8, 4) is 16.9 Å². The Labute approximate surface area is 174 Å². The van der Waals surface area contributed by atoms with Gasteiger partial charge in [0.15, 0.2) is 0 Å². The molecule has 7 nitrogen and oxygen atoms in total. The van der Waals surface area contributed by atoms with Gasteiger partial charge in [-0.3, -0.25) is 9.58 Å². The Bertz CT molecular complexity index is 958. The van der Waals surface area contributed by atoms with Gasteiger partial charge in [0, 0.05) is 42.0 Å². The molecular formula is C22H27FN4O3. The molecule has 2 aliphatic heterocycles. The molecule has 5 rings (SSSR count). The van der Waals surface area contributed by atoms with Gasteiger partial charge in [0.25, 0.3) is 0 Å². The highest BCUT2D eigenvalue weighted by Gasteiger charge is 2.33. The number of alkyl halides is 1. The van der Waals surface area contributed by atoms with Crippen molar-refractivity contribution < 1.29 is 19.0 Å². The molecule has 1 aromatic heterocycles. The second kappa shape index (κ2) is 7.58. The van der Waals surface area contributed by atoms with Crippen molar-refractivity contribution in [3.63, 3.8) is 0 Å². The Morgan fingerprint density at radius 3 is 2.80 bits per heavy atom. The van der Waals surface area contributed by atoms with E-state index in [4.69, 9.17) is 4.74 Å². The first-order valence-corrected chi connectivity index (χ1v) is 10.8. The number of halogens is 1. The summed E-state index contributed by atoms with van der Waals surface area (Å²) in [6.07, 6.45) is 6.58. The Morgan fingerprint density at radius 1 is 1.30 bits per heavy atom. The summed E-state index contributed by atoms with van der Waals surface area (Å²) in [5.74, 6) is 0.760. The van der Waals surface area contributed by atoms with Crippen LogP contribution >= 0.6 is 0 Å². The molecule has 1 amide bonds. The number of amides is 1. The lowest BCUT2D eigenvalue weighted by Crippen LogP contribution is -2.41. The minimum atomic E-state index is -0.961. The van der Waals surface area contributed by atoms with Crippen molar-refractivity contribution in [2.75, 3.05) is 18.0 Å². The molecule has 30 heavy (non-hydrogen) atoms. The van der Waals surface area contributed by atoms with Crippen LogP contribution in [0.15, 0.2) is 24.5 Å². The SMILES string of the molecule is C[C@H]1CCc2c(ccc(-c3cnn([C@H]4CNC[C@H]4F)c3)c2OC2CCC2)N1C(=O)O. The van der Waals surface area contributed by atoms with Gasteiger partial charge in [-0.2, -0.15) is 5.10 Å². The average molecular weight is 414 g/mol. The highest BCUT2D eigenvalue weighted by molar-refractivity contribution is 5.91. The fourth-order valence-electron chi connectivity index (χ4n) is 4.66. The van der Waals surface area contributed by atoms with E-state index >= 15 is 0 Å². The average Bonchev–Trinajstić information content (AvgIpc) is 3.32. The number of anilines is 1. The molecule has 1 aliphatic carbocycles. The number of carboxylic acid groups (broad SMARTS) is 1. The summed E-state index contributed by atoms with van der Waals surface area (Å²) in [6.45, 7) is 2.84. The maximum atomic E-state index is 14.2. The summed E-state index contributed by atoms with van der Waals surface area (Å²) in [6, 6.07) is 3.41. The van der Waals surface area contributed by atoms with Crippen LogP contribution in [0.25, 0.3) is 11.1 Å². The van der Waals surface area contributed by atoms with Crippen LogP contribution in [0, 0.1) is 0 Å². The van der Waals surface area contributed by atoms with Gasteiger partial charge in [-0.15, -0.1) is 0 Å². The lowest BCUT2D eigenvalue weighted by atomic mass is 9.91. The van der Waals surface area contributed by atoms with Crippen LogP contribution in [0.3, 0.4) is 0 Å². The predicted octanol–water partition coefficient (Wildman–Crippen LogP) is 3.78. The Morgan fingerprint density at radius 2 is 2.13 bits per heavy atom. The van der Waals surface area contributed by atoms with E-state index < -0.39 is 12.3 Å². The molecule has 3 atom stereocenters. The molecule has 0 spiro atoms. The lowest BCUT2D eigenvalue weighted by Gasteiger charge is -2.36. The second-order valence-electron chi connectivity index (χ2n) is 8.60. The summed E-state index contributed by atoms with van der Waals surface area (Å²) < 4.78 is 22.3. The van der Waals surface area contributed by atoms with Crippen molar-refractivity contribution in [2.24, 2.45) is 0 Å². The largest absolute Gasteiger partial charge is 0.489 e. The van der Waals surface area contributed by atoms with Gasteiger partial charge >= 0.3 is 6.09 Å². The predicted molar refractivity (Wildman–Crippen MR) is 111 cm³/mol. The molecule has 2 fully saturated rings. The van der Waals surface area contributed by atoms with E-state index in [9.17, 15) is 14.3 Å². The highest BCUT2D eigenvalue weighted by atomic mass is 19.1. The Balaban J connectivity index is 1.57. The minimum Gasteiger partial charge on any atom is -0.489 e. The molecule has 3 heterocycles. The van der Waals surface area contributed by atoms with Crippen molar-refractivity contribution >= 4 is 11.8 Å². The highest BCUT2D eigenvalue weighted by Crippen LogP contribution is 2.44. The summed E-state index contributed by atoms with van der Waals surface area (Å²) in [4.78, 5) is 13.3. The summed E-state index contributed by atoms with van der Waals surface area (Å²) in [5, 5.41) is 17.2. The number of hydrogen-bond acceptors (Lipinski definition) is 4. The fourth-order valence-corrected chi connectivity index (χ4v) is 4.66. The van der Waals surface area contributed by atoms with E-state index in [1.54, 1.807) is 10.9 Å². The maximum absolute atomic E-state index is 14.2. The Kier molecular flexibility index (Phi) is 4.89. The molecule has 2 N–H and O–H groups in total. The van der Waals surface area contributed by atoms with Gasteiger partial charge in [-0.05, 0) is 51.2 Å². The number of carbonyl (C=O) groups is 1. The first-order chi connectivity index (χ1) is 14.5. The first-order valence-electron chi connectivity index (χ1n) is 10.8. The molecule has 1 aromatic carbocycles. The van der Waals surface area contributed by atoms with Gasteiger partial charge in [0.2, 0.25) is 0 Å². The zero-order valence-corrected chi connectivity index (χ0v) is 17.1. The van der Waals surface area contributed by atoms with Gasteiger partial charge < -0.3 is 15.2 Å². The summed E-state index contributed by atoms with van der Waals surface area (Å²) in [7, 11) is 0. The van der Waals surface area contributed by atoms with E-state index in [0.717, 1.165) is 54.5 Å². The van der Waals surface area contributed by atoms with Crippen molar-refractivity contribution in [3.05, 3.63) is 30.1 Å². The monoisotopic (exact) mass is 414 g/mol. The van der Waals surface area contributed by atoms with Crippen LogP contribution in [0.2, 0.25) is 0 Å². The van der Waals surface area contributed by atoms with E-state index in [1.807, 2.05) is 25.3 Å². The molecular weight excluding hydrogens is 387 g/mol. The van der Waals surface area contributed by atoms with E-state index in [0.29, 0.717) is 18.8 Å². The van der Waals surface area contributed by atoms with E-state index in [-0.39, 0.29) is 18.2 Å². The number of rotatable bonds is 4. The number of nitrogens with zero attached hydrogens (tertiary/aromatic N) is 3. The number of ether oxygens (including phenoxy) is 1. The maximum Gasteiger partial charge on any atom is 0.412 e. The van der Waals surface area contributed by atoms with Crippen LogP contribution in [0.1, 0.15) is 44.2 Å². The molecule has 160 valence electrons. The number of aromatic nitrogens is 2. The molecule has 0 bridgehead atoms. The molecule has 0 radical (unpaired) electrons. The topological polar surface area (TPSA) is 79.6 Å². The third-order valence-corrected chi connectivity index (χ3v) is 6.65. The Hall–Kier alpha value is -2.61. The summed E-state index contributed by atoms with van der Waals surface area (Å²) in [5.41, 5.74) is 3.41. The van der Waals surface area contributed by atoms with Gasteiger partial charge in [0.05, 0.1) is 24.0 Å². The van der Waals surface area contributed by atoms with Gasteiger partial charge in [-0.1, -0.05) is 0 Å². The standard InChI is InChI=1S/C22H27FN4O3/c1-13-5-6-17-19(27(13)22(28)29)8-7-16(21(17)30-15-3-2-4-15)14-9-25-26(12-14)20-11-24-10-18(20)23/h7-9,12-13,15,18,20,24H,2-6,10-11H2,1H3,(H,28,29)/t13-,18+,20-/m0/s1. The van der Waals surface area contributed by atoms with Crippen molar-refractivity contribution in [2.45, 2.75) is 63.4 Å². The van der Waals surface area contributed by atoms with Crippen LogP contribution in [0.4, 0.5) is 14.9 Å². The number of nitrogens with one attached hydrogen (secondary N) is 1. The van der Waals surface area contributed by atoms with Crippen LogP contribution in [-0.2, 0) is 6.42 Å².